The van der Waals surface area contributed by atoms with Crippen LogP contribution in [0.4, 0.5) is 18.9 Å². The standard InChI is InChI=1S/C13H14F3NO3/c1-3-20-12(19)10(13(14,15)16)11(18)17-9-6-4-8(2)5-7-9/h4-7,10H,3H2,1-2H3,(H,17,18). The van der Waals surface area contributed by atoms with Crippen LogP contribution in [0.15, 0.2) is 24.3 Å². The largest absolute Gasteiger partial charge is 0.465 e. The molecule has 0 saturated carbocycles. The van der Waals surface area contributed by atoms with Crippen molar-refractivity contribution in [2.24, 2.45) is 5.92 Å². The number of carbonyl (C=O) groups is 2. The van der Waals surface area contributed by atoms with E-state index in [-0.39, 0.29) is 12.3 Å². The monoisotopic (exact) mass is 289 g/mol. The Hall–Kier alpha value is -2.05. The van der Waals surface area contributed by atoms with Gasteiger partial charge in [-0.05, 0) is 26.0 Å². The molecule has 0 spiro atoms. The number of halogens is 3. The number of rotatable bonds is 4. The summed E-state index contributed by atoms with van der Waals surface area (Å²) in [5, 5.41) is 2.06. The van der Waals surface area contributed by atoms with E-state index in [0.29, 0.717) is 0 Å². The number of hydrogen-bond acceptors (Lipinski definition) is 3. The minimum Gasteiger partial charge on any atom is -0.465 e. The normalized spacial score (nSPS) is 12.7. The molecule has 0 aliphatic heterocycles. The summed E-state index contributed by atoms with van der Waals surface area (Å²) < 4.78 is 42.5. The molecule has 1 rings (SSSR count). The fourth-order valence-electron chi connectivity index (χ4n) is 1.47. The Labute approximate surface area is 113 Å². The second-order valence-electron chi connectivity index (χ2n) is 4.08. The van der Waals surface area contributed by atoms with Crippen LogP contribution >= 0.6 is 0 Å². The number of amides is 1. The molecule has 0 saturated heterocycles. The zero-order valence-corrected chi connectivity index (χ0v) is 11.0. The van der Waals surface area contributed by atoms with Gasteiger partial charge in [0.1, 0.15) is 0 Å². The van der Waals surface area contributed by atoms with E-state index in [1.165, 1.54) is 19.1 Å². The highest BCUT2D eigenvalue weighted by Gasteiger charge is 2.51. The fraction of sp³-hybridized carbons (Fsp3) is 0.385. The molecule has 0 aromatic heterocycles. The van der Waals surface area contributed by atoms with E-state index < -0.39 is 24.0 Å². The zero-order chi connectivity index (χ0) is 15.3. The second-order valence-corrected chi connectivity index (χ2v) is 4.08. The molecular formula is C13H14F3NO3. The van der Waals surface area contributed by atoms with Crippen molar-refractivity contribution in [1.29, 1.82) is 0 Å². The first-order chi connectivity index (χ1) is 9.25. The maximum absolute atomic E-state index is 12.7. The number of alkyl halides is 3. The predicted molar refractivity (Wildman–Crippen MR) is 66.0 cm³/mol. The van der Waals surface area contributed by atoms with Crippen LogP contribution in [0.25, 0.3) is 0 Å². The number of esters is 1. The van der Waals surface area contributed by atoms with Crippen molar-refractivity contribution in [3.8, 4) is 0 Å². The van der Waals surface area contributed by atoms with Gasteiger partial charge in [-0.3, -0.25) is 9.59 Å². The molecule has 0 radical (unpaired) electrons. The average Bonchev–Trinajstić information content (AvgIpc) is 2.30. The molecule has 0 aliphatic carbocycles. The summed E-state index contributed by atoms with van der Waals surface area (Å²) in [4.78, 5) is 22.9. The van der Waals surface area contributed by atoms with Crippen LogP contribution < -0.4 is 5.32 Å². The van der Waals surface area contributed by atoms with Gasteiger partial charge in [-0.2, -0.15) is 13.2 Å². The van der Waals surface area contributed by atoms with Gasteiger partial charge in [-0.25, -0.2) is 0 Å². The Morgan fingerprint density at radius 3 is 2.25 bits per heavy atom. The molecule has 1 amide bonds. The summed E-state index contributed by atoms with van der Waals surface area (Å²) in [6.45, 7) is 2.93. The van der Waals surface area contributed by atoms with Crippen molar-refractivity contribution in [3.05, 3.63) is 29.8 Å². The number of benzene rings is 1. The van der Waals surface area contributed by atoms with Gasteiger partial charge in [0.25, 0.3) is 0 Å². The molecule has 1 N–H and O–H groups in total. The molecule has 110 valence electrons. The average molecular weight is 289 g/mol. The summed E-state index contributed by atoms with van der Waals surface area (Å²) in [6.07, 6.45) is -5.00. The van der Waals surface area contributed by atoms with Crippen molar-refractivity contribution in [1.82, 2.24) is 0 Å². The van der Waals surface area contributed by atoms with Crippen molar-refractivity contribution < 1.29 is 27.5 Å². The maximum atomic E-state index is 12.7. The fourth-order valence-corrected chi connectivity index (χ4v) is 1.47. The SMILES string of the molecule is CCOC(=O)C(C(=O)Nc1ccc(C)cc1)C(F)(F)F. The van der Waals surface area contributed by atoms with Crippen LogP contribution in [0.1, 0.15) is 12.5 Å². The van der Waals surface area contributed by atoms with Crippen molar-refractivity contribution in [3.63, 3.8) is 0 Å². The van der Waals surface area contributed by atoms with Gasteiger partial charge in [0.05, 0.1) is 6.61 Å². The number of ether oxygens (including phenoxy) is 1. The lowest BCUT2D eigenvalue weighted by Gasteiger charge is -2.18. The van der Waals surface area contributed by atoms with E-state index in [9.17, 15) is 22.8 Å². The predicted octanol–water partition coefficient (Wildman–Crippen LogP) is 2.68. The topological polar surface area (TPSA) is 55.4 Å². The first-order valence-electron chi connectivity index (χ1n) is 5.86. The molecule has 7 heteroatoms. The lowest BCUT2D eigenvalue weighted by Crippen LogP contribution is -2.41. The Morgan fingerprint density at radius 2 is 1.80 bits per heavy atom. The first kappa shape index (κ1) is 16.0. The number of aryl methyl sites for hydroxylation is 1. The Morgan fingerprint density at radius 1 is 1.25 bits per heavy atom. The van der Waals surface area contributed by atoms with Crippen molar-refractivity contribution >= 4 is 17.6 Å². The zero-order valence-electron chi connectivity index (χ0n) is 11.0. The highest BCUT2D eigenvalue weighted by Crippen LogP contribution is 2.28. The van der Waals surface area contributed by atoms with Crippen LogP contribution in [0.5, 0.6) is 0 Å². The molecule has 1 atom stereocenters. The summed E-state index contributed by atoms with van der Waals surface area (Å²) >= 11 is 0. The molecule has 1 unspecified atom stereocenters. The molecular weight excluding hydrogens is 275 g/mol. The lowest BCUT2D eigenvalue weighted by molar-refractivity contribution is -0.196. The summed E-state index contributed by atoms with van der Waals surface area (Å²) in [5.41, 5.74) is 1.07. The number of carbonyl (C=O) groups excluding carboxylic acids is 2. The highest BCUT2D eigenvalue weighted by atomic mass is 19.4. The number of anilines is 1. The Balaban J connectivity index is 2.88. The number of nitrogens with one attached hydrogen (secondary N) is 1. The van der Waals surface area contributed by atoms with Crippen molar-refractivity contribution in [2.45, 2.75) is 20.0 Å². The van der Waals surface area contributed by atoms with Gasteiger partial charge in [0.2, 0.25) is 11.8 Å². The molecule has 0 fully saturated rings. The van der Waals surface area contributed by atoms with Crippen molar-refractivity contribution in [2.75, 3.05) is 11.9 Å². The first-order valence-corrected chi connectivity index (χ1v) is 5.86. The minimum absolute atomic E-state index is 0.180. The minimum atomic E-state index is -5.00. The molecule has 20 heavy (non-hydrogen) atoms. The van der Waals surface area contributed by atoms with Crippen LogP contribution in [-0.2, 0) is 14.3 Å². The summed E-state index contributed by atoms with van der Waals surface area (Å²) in [6, 6.07) is 6.16. The molecule has 1 aromatic rings. The molecule has 0 heterocycles. The molecule has 1 aromatic carbocycles. The van der Waals surface area contributed by atoms with Crippen LogP contribution in [-0.4, -0.2) is 24.7 Å². The van der Waals surface area contributed by atoms with E-state index in [2.05, 4.69) is 10.1 Å². The van der Waals surface area contributed by atoms with Crippen LogP contribution in [0.2, 0.25) is 0 Å². The number of hydrogen-bond donors (Lipinski definition) is 1. The van der Waals surface area contributed by atoms with Gasteiger partial charge >= 0.3 is 12.1 Å². The van der Waals surface area contributed by atoms with E-state index in [1.54, 1.807) is 19.1 Å². The lowest BCUT2D eigenvalue weighted by atomic mass is 10.1. The highest BCUT2D eigenvalue weighted by molar-refractivity contribution is 6.05. The van der Waals surface area contributed by atoms with Gasteiger partial charge in [-0.1, -0.05) is 17.7 Å². The Bertz CT molecular complexity index is 483. The van der Waals surface area contributed by atoms with Gasteiger partial charge < -0.3 is 10.1 Å². The third kappa shape index (κ3) is 4.25. The summed E-state index contributed by atoms with van der Waals surface area (Å²) in [5.74, 6) is -5.90. The maximum Gasteiger partial charge on any atom is 0.411 e. The van der Waals surface area contributed by atoms with E-state index in [1.807, 2.05) is 0 Å². The summed E-state index contributed by atoms with van der Waals surface area (Å²) in [7, 11) is 0. The van der Waals surface area contributed by atoms with Crippen LogP contribution in [0, 0.1) is 12.8 Å². The Kier molecular flexibility index (Phi) is 5.12. The van der Waals surface area contributed by atoms with Crippen LogP contribution in [0.3, 0.4) is 0 Å². The van der Waals surface area contributed by atoms with E-state index >= 15 is 0 Å². The third-order valence-electron chi connectivity index (χ3n) is 2.43. The molecule has 0 bridgehead atoms. The van der Waals surface area contributed by atoms with Gasteiger partial charge in [0.15, 0.2) is 0 Å². The molecule has 4 nitrogen and oxygen atoms in total. The van der Waals surface area contributed by atoms with E-state index in [0.717, 1.165) is 5.56 Å². The smallest absolute Gasteiger partial charge is 0.411 e. The van der Waals surface area contributed by atoms with E-state index in [4.69, 9.17) is 0 Å². The third-order valence-corrected chi connectivity index (χ3v) is 2.43. The second kappa shape index (κ2) is 6.40. The molecule has 0 aliphatic rings. The van der Waals surface area contributed by atoms with Gasteiger partial charge in [0, 0.05) is 5.69 Å². The van der Waals surface area contributed by atoms with Gasteiger partial charge in [-0.15, -0.1) is 0 Å². The quantitative estimate of drug-likeness (QED) is 0.685.